The van der Waals surface area contributed by atoms with E-state index in [1.54, 1.807) is 25.1 Å². The van der Waals surface area contributed by atoms with Crippen LogP contribution in [0.5, 0.6) is 5.75 Å². The van der Waals surface area contributed by atoms with Gasteiger partial charge in [-0.25, -0.2) is 8.42 Å². The van der Waals surface area contributed by atoms with Gasteiger partial charge in [-0.2, -0.15) is 0 Å². The Balaban J connectivity index is 1.98. The van der Waals surface area contributed by atoms with Crippen molar-refractivity contribution in [1.82, 2.24) is 5.32 Å². The second-order valence-electron chi connectivity index (χ2n) is 6.10. The average molecular weight is 376 g/mol. The number of rotatable bonds is 7. The van der Waals surface area contributed by atoms with Crippen LogP contribution >= 0.6 is 0 Å². The van der Waals surface area contributed by atoms with Gasteiger partial charge in [0.05, 0.1) is 18.5 Å². The van der Waals surface area contributed by atoms with Crippen molar-refractivity contribution < 1.29 is 17.9 Å². The third kappa shape index (κ3) is 4.98. The molecule has 2 rings (SSSR count). The molecule has 0 heterocycles. The normalized spacial score (nSPS) is 11.1. The van der Waals surface area contributed by atoms with Crippen molar-refractivity contribution in [3.8, 4) is 5.75 Å². The largest absolute Gasteiger partial charge is 0.492 e. The quantitative estimate of drug-likeness (QED) is 0.754. The number of nitrogens with zero attached hydrogens (tertiary/aromatic N) is 1. The van der Waals surface area contributed by atoms with Crippen LogP contribution in [0, 0.1) is 13.8 Å². The van der Waals surface area contributed by atoms with Gasteiger partial charge >= 0.3 is 0 Å². The fourth-order valence-electron chi connectivity index (χ4n) is 2.45. The number of carbonyl (C=O) groups excluding carboxylic acids is 1. The predicted molar refractivity (Wildman–Crippen MR) is 103 cm³/mol. The van der Waals surface area contributed by atoms with E-state index in [9.17, 15) is 13.2 Å². The third-order valence-corrected chi connectivity index (χ3v) is 5.26. The van der Waals surface area contributed by atoms with Gasteiger partial charge in [-0.15, -0.1) is 0 Å². The second-order valence-corrected chi connectivity index (χ2v) is 8.11. The highest BCUT2D eigenvalue weighted by atomic mass is 32.2. The molecule has 2 aromatic carbocycles. The molecule has 0 saturated heterocycles. The van der Waals surface area contributed by atoms with Gasteiger partial charge in [0, 0.05) is 12.6 Å². The monoisotopic (exact) mass is 376 g/mol. The van der Waals surface area contributed by atoms with E-state index in [0.717, 1.165) is 17.6 Å². The topological polar surface area (TPSA) is 75.7 Å². The van der Waals surface area contributed by atoms with Crippen LogP contribution in [0.2, 0.25) is 0 Å². The van der Waals surface area contributed by atoms with Gasteiger partial charge in [-0.3, -0.25) is 9.10 Å². The molecule has 0 spiro atoms. The van der Waals surface area contributed by atoms with E-state index in [2.05, 4.69) is 5.32 Å². The number of benzene rings is 2. The molecule has 140 valence electrons. The number of sulfonamides is 1. The van der Waals surface area contributed by atoms with Crippen LogP contribution in [-0.4, -0.2) is 40.8 Å². The summed E-state index contributed by atoms with van der Waals surface area (Å²) < 4.78 is 30.2. The minimum absolute atomic E-state index is 0.265. The van der Waals surface area contributed by atoms with E-state index in [0.29, 0.717) is 30.0 Å². The molecule has 6 nitrogen and oxygen atoms in total. The van der Waals surface area contributed by atoms with Crippen LogP contribution in [0.3, 0.4) is 0 Å². The fraction of sp³-hybridized carbons (Fsp3) is 0.316. The first-order valence-corrected chi connectivity index (χ1v) is 10.1. The SMILES string of the molecule is Cc1ccc(OCCNC(=O)c2cccc(N(C)S(C)(=O)=O)c2C)cc1. The molecule has 0 aliphatic heterocycles. The Morgan fingerprint density at radius 2 is 1.77 bits per heavy atom. The zero-order chi connectivity index (χ0) is 19.3. The van der Waals surface area contributed by atoms with Gasteiger partial charge in [0.25, 0.3) is 5.91 Å². The molecular formula is C19H24N2O4S. The third-order valence-electron chi connectivity index (χ3n) is 4.06. The summed E-state index contributed by atoms with van der Waals surface area (Å²) in [5, 5.41) is 2.79. The first kappa shape index (κ1) is 19.8. The Morgan fingerprint density at radius 1 is 1.12 bits per heavy atom. The van der Waals surface area contributed by atoms with Gasteiger partial charge in [0.15, 0.2) is 0 Å². The first-order chi connectivity index (χ1) is 12.2. The van der Waals surface area contributed by atoms with E-state index in [-0.39, 0.29) is 5.91 Å². The molecule has 1 amide bonds. The molecule has 0 aliphatic rings. The lowest BCUT2D eigenvalue weighted by molar-refractivity contribution is 0.0946. The van der Waals surface area contributed by atoms with Crippen molar-refractivity contribution in [2.24, 2.45) is 0 Å². The van der Waals surface area contributed by atoms with Gasteiger partial charge in [0.2, 0.25) is 10.0 Å². The Labute approximate surface area is 154 Å². The number of carbonyl (C=O) groups is 1. The van der Waals surface area contributed by atoms with Crippen molar-refractivity contribution in [3.63, 3.8) is 0 Å². The summed E-state index contributed by atoms with van der Waals surface area (Å²) in [6.45, 7) is 4.42. The lowest BCUT2D eigenvalue weighted by Gasteiger charge is -2.20. The number of anilines is 1. The fourth-order valence-corrected chi connectivity index (χ4v) is 3.01. The highest BCUT2D eigenvalue weighted by Crippen LogP contribution is 2.24. The van der Waals surface area contributed by atoms with E-state index < -0.39 is 10.0 Å². The number of nitrogens with one attached hydrogen (secondary N) is 1. The highest BCUT2D eigenvalue weighted by molar-refractivity contribution is 7.92. The van der Waals surface area contributed by atoms with Crippen molar-refractivity contribution in [3.05, 3.63) is 59.2 Å². The maximum Gasteiger partial charge on any atom is 0.251 e. The Hall–Kier alpha value is -2.54. The Kier molecular flexibility index (Phi) is 6.26. The molecule has 0 atom stereocenters. The van der Waals surface area contributed by atoms with Crippen LogP contribution in [0.4, 0.5) is 5.69 Å². The molecule has 0 fully saturated rings. The Morgan fingerprint density at radius 3 is 2.38 bits per heavy atom. The minimum atomic E-state index is -3.39. The molecule has 7 heteroatoms. The Bertz CT molecular complexity index is 877. The van der Waals surface area contributed by atoms with Crippen LogP contribution < -0.4 is 14.4 Å². The molecule has 0 saturated carbocycles. The summed E-state index contributed by atoms with van der Waals surface area (Å²) in [6.07, 6.45) is 1.13. The van der Waals surface area contributed by atoms with E-state index >= 15 is 0 Å². The molecule has 2 aromatic rings. The molecule has 26 heavy (non-hydrogen) atoms. The predicted octanol–water partition coefficient (Wildman–Crippen LogP) is 2.51. The first-order valence-electron chi connectivity index (χ1n) is 8.21. The van der Waals surface area contributed by atoms with Gasteiger partial charge in [-0.1, -0.05) is 23.8 Å². The molecule has 0 aliphatic carbocycles. The van der Waals surface area contributed by atoms with Crippen molar-refractivity contribution in [2.45, 2.75) is 13.8 Å². The molecular weight excluding hydrogens is 352 g/mol. The van der Waals surface area contributed by atoms with Gasteiger partial charge < -0.3 is 10.1 Å². The van der Waals surface area contributed by atoms with Gasteiger partial charge in [0.1, 0.15) is 12.4 Å². The molecule has 0 radical (unpaired) electrons. The van der Waals surface area contributed by atoms with Crippen LogP contribution in [0.25, 0.3) is 0 Å². The van der Waals surface area contributed by atoms with E-state index in [4.69, 9.17) is 4.74 Å². The molecule has 0 unspecified atom stereocenters. The molecule has 1 N–H and O–H groups in total. The van der Waals surface area contributed by atoms with E-state index in [1.807, 2.05) is 31.2 Å². The van der Waals surface area contributed by atoms with Crippen LogP contribution in [0.15, 0.2) is 42.5 Å². The molecule has 0 aromatic heterocycles. The lowest BCUT2D eigenvalue weighted by Crippen LogP contribution is -2.30. The van der Waals surface area contributed by atoms with Crippen molar-refractivity contribution >= 4 is 21.6 Å². The lowest BCUT2D eigenvalue weighted by atomic mass is 10.1. The zero-order valence-corrected chi connectivity index (χ0v) is 16.3. The maximum atomic E-state index is 12.4. The number of ether oxygens (including phenoxy) is 1. The van der Waals surface area contributed by atoms with Crippen LogP contribution in [0.1, 0.15) is 21.5 Å². The van der Waals surface area contributed by atoms with Crippen molar-refractivity contribution in [2.75, 3.05) is 30.8 Å². The standard InChI is InChI=1S/C19H24N2O4S/c1-14-8-10-16(11-9-14)25-13-12-20-19(22)17-6-5-7-18(15(17)2)21(3)26(4,23)24/h5-11H,12-13H2,1-4H3,(H,20,22). The second kappa shape index (κ2) is 8.23. The smallest absolute Gasteiger partial charge is 0.251 e. The summed E-state index contributed by atoms with van der Waals surface area (Å²) in [4.78, 5) is 12.4. The van der Waals surface area contributed by atoms with E-state index in [1.165, 1.54) is 11.4 Å². The van der Waals surface area contributed by atoms with Crippen molar-refractivity contribution in [1.29, 1.82) is 0 Å². The highest BCUT2D eigenvalue weighted by Gasteiger charge is 2.18. The summed E-state index contributed by atoms with van der Waals surface area (Å²) in [5.41, 5.74) is 2.68. The minimum Gasteiger partial charge on any atom is -0.492 e. The average Bonchev–Trinajstić information content (AvgIpc) is 2.59. The number of hydrogen-bond donors (Lipinski definition) is 1. The summed E-state index contributed by atoms with van der Waals surface area (Å²) in [5.74, 6) is 0.483. The zero-order valence-electron chi connectivity index (χ0n) is 15.4. The summed E-state index contributed by atoms with van der Waals surface area (Å²) in [7, 11) is -1.93. The maximum absolute atomic E-state index is 12.4. The number of amides is 1. The molecule has 0 bridgehead atoms. The summed E-state index contributed by atoms with van der Waals surface area (Å²) in [6, 6.07) is 12.7. The summed E-state index contributed by atoms with van der Waals surface area (Å²) >= 11 is 0. The number of hydrogen-bond acceptors (Lipinski definition) is 4. The number of aryl methyl sites for hydroxylation is 1. The van der Waals surface area contributed by atoms with Gasteiger partial charge in [-0.05, 0) is 43.7 Å². The van der Waals surface area contributed by atoms with Crippen LogP contribution in [-0.2, 0) is 10.0 Å².